The zero-order valence-electron chi connectivity index (χ0n) is 8.21. The molecule has 0 aliphatic rings. The van der Waals surface area contributed by atoms with Crippen molar-refractivity contribution in [3.63, 3.8) is 0 Å². The number of rotatable bonds is 2. The van der Waals surface area contributed by atoms with Gasteiger partial charge in [0.1, 0.15) is 5.69 Å². The summed E-state index contributed by atoms with van der Waals surface area (Å²) in [5.41, 5.74) is 1.82. The normalized spacial score (nSPS) is 8.93. The molecule has 78 valence electrons. The van der Waals surface area contributed by atoms with Crippen LogP contribution in [0.1, 0.15) is 10.5 Å². The van der Waals surface area contributed by atoms with Crippen LogP contribution in [0.25, 0.3) is 11.3 Å². The van der Waals surface area contributed by atoms with Crippen LogP contribution >= 0.6 is 0 Å². The number of H-pyrrole nitrogens is 1. The molecule has 0 aliphatic carbocycles. The van der Waals surface area contributed by atoms with Crippen molar-refractivity contribution in [2.24, 2.45) is 0 Å². The Labute approximate surface area is 86.8 Å². The molecule has 2 N–H and O–H groups in total. The van der Waals surface area contributed by atoms with Gasteiger partial charge in [0.25, 0.3) is 0 Å². The summed E-state index contributed by atoms with van der Waals surface area (Å²) in [7, 11) is 1.00. The van der Waals surface area contributed by atoms with Gasteiger partial charge in [-0.05, 0) is 0 Å². The fraction of sp³-hybridized carbons (Fsp3) is 0.100. The van der Waals surface area contributed by atoms with Crippen molar-refractivity contribution in [2.75, 3.05) is 7.11 Å². The maximum absolute atomic E-state index is 10.5. The van der Waals surface area contributed by atoms with E-state index in [0.29, 0.717) is 17.7 Å². The lowest BCUT2D eigenvalue weighted by atomic mass is 10.1. The topological polar surface area (TPSA) is 78.9 Å². The van der Waals surface area contributed by atoms with Crippen LogP contribution in [0.3, 0.4) is 0 Å². The zero-order chi connectivity index (χ0) is 11.1. The number of hydrogen-bond donors (Lipinski definition) is 2. The summed E-state index contributed by atoms with van der Waals surface area (Å²) < 4.78 is 0. The number of aliphatic hydroxyl groups excluding tert-OH is 1. The van der Waals surface area contributed by atoms with Crippen molar-refractivity contribution >= 4 is 6.29 Å². The van der Waals surface area contributed by atoms with Gasteiger partial charge in [0, 0.05) is 12.7 Å². The Morgan fingerprint density at radius 1 is 1.20 bits per heavy atom. The third-order valence-electron chi connectivity index (χ3n) is 1.73. The lowest BCUT2D eigenvalue weighted by Gasteiger charge is -1.93. The number of nitrogens with one attached hydrogen (secondary N) is 1. The number of hydrogen-bond acceptors (Lipinski definition) is 4. The molecule has 1 aromatic heterocycles. The minimum atomic E-state index is 0.339. The molecule has 5 nitrogen and oxygen atoms in total. The first-order valence-electron chi connectivity index (χ1n) is 4.28. The number of carbonyl (C=O) groups is 1. The van der Waals surface area contributed by atoms with Crippen LogP contribution in [0.4, 0.5) is 0 Å². The second-order valence-electron chi connectivity index (χ2n) is 2.54. The molecule has 0 radical (unpaired) electrons. The summed E-state index contributed by atoms with van der Waals surface area (Å²) in [6, 6.07) is 9.44. The monoisotopic (exact) mass is 205 g/mol. The second kappa shape index (κ2) is 5.66. The number of nitrogens with zero attached hydrogens (tertiary/aromatic N) is 2. The summed E-state index contributed by atoms with van der Waals surface area (Å²) in [4.78, 5) is 10.5. The maximum atomic E-state index is 10.5. The van der Waals surface area contributed by atoms with Crippen molar-refractivity contribution in [3.8, 4) is 11.3 Å². The summed E-state index contributed by atoms with van der Waals surface area (Å²) in [6.45, 7) is 0. The molecule has 1 heterocycles. The summed E-state index contributed by atoms with van der Waals surface area (Å²) >= 11 is 0. The SMILES string of the molecule is CO.O=Cc1n[nH]nc1-c1ccccc1. The van der Waals surface area contributed by atoms with E-state index in [1.807, 2.05) is 30.3 Å². The first-order chi connectivity index (χ1) is 7.42. The molecule has 0 saturated heterocycles. The van der Waals surface area contributed by atoms with Gasteiger partial charge in [-0.25, -0.2) is 0 Å². The summed E-state index contributed by atoms with van der Waals surface area (Å²) in [5.74, 6) is 0. The molecule has 0 fully saturated rings. The number of aliphatic hydroxyl groups is 1. The number of aromatic nitrogens is 3. The Hall–Kier alpha value is -2.01. The summed E-state index contributed by atoms with van der Waals surface area (Å²) in [5, 5.41) is 17.0. The molecule has 0 spiro atoms. The molecule has 0 unspecified atom stereocenters. The van der Waals surface area contributed by atoms with E-state index in [4.69, 9.17) is 5.11 Å². The molecular weight excluding hydrogens is 194 g/mol. The second-order valence-corrected chi connectivity index (χ2v) is 2.54. The Morgan fingerprint density at radius 3 is 2.47 bits per heavy atom. The molecular formula is C10H11N3O2. The van der Waals surface area contributed by atoms with Gasteiger partial charge in [-0.3, -0.25) is 4.79 Å². The highest BCUT2D eigenvalue weighted by Gasteiger charge is 2.07. The number of benzene rings is 1. The molecule has 0 aliphatic heterocycles. The Balaban J connectivity index is 0.000000531. The highest BCUT2D eigenvalue weighted by molar-refractivity contribution is 5.82. The standard InChI is InChI=1S/C9H7N3O.CH4O/c13-6-8-9(11-12-10-8)7-4-2-1-3-5-7;1-2/h1-6H,(H,10,11,12);2H,1H3. The van der Waals surface area contributed by atoms with Crippen LogP contribution in [-0.4, -0.2) is 33.9 Å². The van der Waals surface area contributed by atoms with Gasteiger partial charge in [-0.2, -0.15) is 15.4 Å². The van der Waals surface area contributed by atoms with Gasteiger partial charge in [-0.15, -0.1) is 0 Å². The molecule has 1 aromatic carbocycles. The average Bonchev–Trinajstić information content (AvgIpc) is 2.81. The molecule has 0 bridgehead atoms. The van der Waals surface area contributed by atoms with Gasteiger partial charge in [0.15, 0.2) is 12.0 Å². The molecule has 2 aromatic rings. The third kappa shape index (κ3) is 2.47. The highest BCUT2D eigenvalue weighted by atomic mass is 16.2. The predicted molar refractivity (Wildman–Crippen MR) is 55.3 cm³/mol. The third-order valence-corrected chi connectivity index (χ3v) is 1.73. The van der Waals surface area contributed by atoms with Gasteiger partial charge in [0.05, 0.1) is 0 Å². The Kier molecular flexibility index (Phi) is 4.18. The van der Waals surface area contributed by atoms with E-state index in [1.54, 1.807) is 0 Å². The minimum Gasteiger partial charge on any atom is -0.400 e. The van der Waals surface area contributed by atoms with Crippen LogP contribution < -0.4 is 0 Å². The van der Waals surface area contributed by atoms with Crippen molar-refractivity contribution < 1.29 is 9.90 Å². The molecule has 5 heteroatoms. The molecule has 0 saturated carbocycles. The first kappa shape index (κ1) is 11.1. The lowest BCUT2D eigenvalue weighted by Crippen LogP contribution is -1.84. The minimum absolute atomic E-state index is 0.339. The number of aldehydes is 1. The largest absolute Gasteiger partial charge is 0.400 e. The van der Waals surface area contributed by atoms with Crippen LogP contribution in [-0.2, 0) is 0 Å². The molecule has 0 atom stereocenters. The molecule has 2 rings (SSSR count). The predicted octanol–water partition coefficient (Wildman–Crippen LogP) is 0.893. The quantitative estimate of drug-likeness (QED) is 0.714. The zero-order valence-corrected chi connectivity index (χ0v) is 8.21. The number of aromatic amines is 1. The highest BCUT2D eigenvalue weighted by Crippen LogP contribution is 2.16. The fourth-order valence-electron chi connectivity index (χ4n) is 1.13. The van der Waals surface area contributed by atoms with Crippen LogP contribution in [0, 0.1) is 0 Å². The summed E-state index contributed by atoms with van der Waals surface area (Å²) in [6.07, 6.45) is 0.686. The van der Waals surface area contributed by atoms with Crippen LogP contribution in [0.15, 0.2) is 30.3 Å². The van der Waals surface area contributed by atoms with Crippen LogP contribution in [0.5, 0.6) is 0 Å². The van der Waals surface area contributed by atoms with E-state index in [0.717, 1.165) is 12.7 Å². The average molecular weight is 205 g/mol. The van der Waals surface area contributed by atoms with Crippen LogP contribution in [0.2, 0.25) is 0 Å². The molecule has 0 amide bonds. The van der Waals surface area contributed by atoms with Gasteiger partial charge in [-0.1, -0.05) is 30.3 Å². The van der Waals surface area contributed by atoms with Gasteiger partial charge < -0.3 is 5.11 Å². The molecule has 15 heavy (non-hydrogen) atoms. The van der Waals surface area contributed by atoms with E-state index in [1.165, 1.54) is 0 Å². The van der Waals surface area contributed by atoms with Crippen molar-refractivity contribution in [1.29, 1.82) is 0 Å². The van der Waals surface area contributed by atoms with E-state index < -0.39 is 0 Å². The van der Waals surface area contributed by atoms with Gasteiger partial charge in [0.2, 0.25) is 0 Å². The maximum Gasteiger partial charge on any atom is 0.172 e. The Bertz CT molecular complexity index is 412. The van der Waals surface area contributed by atoms with E-state index in [9.17, 15) is 4.79 Å². The van der Waals surface area contributed by atoms with Gasteiger partial charge >= 0.3 is 0 Å². The lowest BCUT2D eigenvalue weighted by molar-refractivity contribution is 0.111. The smallest absolute Gasteiger partial charge is 0.172 e. The van der Waals surface area contributed by atoms with Crippen molar-refractivity contribution in [2.45, 2.75) is 0 Å². The Morgan fingerprint density at radius 2 is 1.87 bits per heavy atom. The fourth-order valence-corrected chi connectivity index (χ4v) is 1.13. The first-order valence-corrected chi connectivity index (χ1v) is 4.28. The van der Waals surface area contributed by atoms with Crippen molar-refractivity contribution in [3.05, 3.63) is 36.0 Å². The number of carbonyl (C=O) groups excluding carboxylic acids is 1. The van der Waals surface area contributed by atoms with E-state index >= 15 is 0 Å². The van der Waals surface area contributed by atoms with E-state index in [-0.39, 0.29) is 0 Å². The van der Waals surface area contributed by atoms with E-state index in [2.05, 4.69) is 15.4 Å². The van der Waals surface area contributed by atoms with Crippen molar-refractivity contribution in [1.82, 2.24) is 15.4 Å².